The van der Waals surface area contributed by atoms with Crippen LogP contribution in [0.4, 0.5) is 0 Å². The number of rotatable bonds is 5. The van der Waals surface area contributed by atoms with Gasteiger partial charge in [-0.15, -0.1) is 0 Å². The second-order valence-electron chi connectivity index (χ2n) is 5.62. The van der Waals surface area contributed by atoms with E-state index in [9.17, 15) is 0 Å². The van der Waals surface area contributed by atoms with Crippen molar-refractivity contribution >= 4 is 0 Å². The van der Waals surface area contributed by atoms with Crippen LogP contribution in [0.2, 0.25) is 0 Å². The Balaban J connectivity index is 1.82. The zero-order valence-corrected chi connectivity index (χ0v) is 11.7. The summed E-state index contributed by atoms with van der Waals surface area (Å²) in [6, 6.07) is 2.80. The van der Waals surface area contributed by atoms with E-state index < -0.39 is 0 Å². The molecule has 2 N–H and O–H groups in total. The first-order valence-electron chi connectivity index (χ1n) is 7.19. The molecule has 102 valence electrons. The average Bonchev–Trinajstić information content (AvgIpc) is 2.86. The van der Waals surface area contributed by atoms with E-state index in [0.29, 0.717) is 6.54 Å². The highest BCUT2D eigenvalue weighted by molar-refractivity contribution is 5.12. The molecule has 1 aromatic rings. The predicted octanol–water partition coefficient (Wildman–Crippen LogP) is 3.14. The van der Waals surface area contributed by atoms with E-state index in [4.69, 9.17) is 10.2 Å². The Morgan fingerprint density at radius 1 is 1.33 bits per heavy atom. The second kappa shape index (κ2) is 6.39. The van der Waals surface area contributed by atoms with Crippen molar-refractivity contribution in [2.45, 2.75) is 58.2 Å². The number of furan rings is 1. The SMILES string of the molecule is CCC1CCC(N(C)Cc2cc(CN)co2)CC1. The Bertz CT molecular complexity index is 353. The molecule has 0 bridgehead atoms. The Labute approximate surface area is 110 Å². The minimum atomic E-state index is 0.564. The molecular formula is C15H26N2O. The van der Waals surface area contributed by atoms with Gasteiger partial charge in [0.05, 0.1) is 12.8 Å². The summed E-state index contributed by atoms with van der Waals surface area (Å²) in [5, 5.41) is 0. The van der Waals surface area contributed by atoms with Gasteiger partial charge in [0, 0.05) is 18.2 Å². The molecule has 3 nitrogen and oxygen atoms in total. The standard InChI is InChI=1S/C15H26N2O/c1-3-12-4-6-14(7-5-12)17(2)10-15-8-13(9-16)11-18-15/h8,11-12,14H,3-7,9-10,16H2,1-2H3. The molecule has 1 saturated carbocycles. The number of nitrogens with two attached hydrogens (primary N) is 1. The molecule has 0 atom stereocenters. The van der Waals surface area contributed by atoms with Gasteiger partial charge in [-0.05, 0) is 44.7 Å². The predicted molar refractivity (Wildman–Crippen MR) is 74.1 cm³/mol. The molecule has 1 fully saturated rings. The van der Waals surface area contributed by atoms with Gasteiger partial charge in [-0.2, -0.15) is 0 Å². The minimum absolute atomic E-state index is 0.564. The fourth-order valence-electron chi connectivity index (χ4n) is 2.98. The van der Waals surface area contributed by atoms with Crippen LogP contribution in [-0.2, 0) is 13.1 Å². The minimum Gasteiger partial charge on any atom is -0.468 e. The first kappa shape index (κ1) is 13.6. The summed E-state index contributed by atoms with van der Waals surface area (Å²) in [4.78, 5) is 2.44. The van der Waals surface area contributed by atoms with Crippen molar-refractivity contribution in [3.8, 4) is 0 Å². The van der Waals surface area contributed by atoms with Crippen LogP contribution in [0.5, 0.6) is 0 Å². The van der Waals surface area contributed by atoms with Crippen LogP contribution in [0.15, 0.2) is 16.7 Å². The fraction of sp³-hybridized carbons (Fsp3) is 0.733. The van der Waals surface area contributed by atoms with Crippen LogP contribution in [0.1, 0.15) is 50.4 Å². The van der Waals surface area contributed by atoms with Crippen molar-refractivity contribution in [2.24, 2.45) is 11.7 Å². The Morgan fingerprint density at radius 2 is 2.06 bits per heavy atom. The van der Waals surface area contributed by atoms with E-state index in [1.165, 1.54) is 32.1 Å². The van der Waals surface area contributed by atoms with Gasteiger partial charge < -0.3 is 10.2 Å². The lowest BCUT2D eigenvalue weighted by atomic mass is 9.84. The molecule has 0 unspecified atom stereocenters. The summed E-state index contributed by atoms with van der Waals surface area (Å²) in [6.07, 6.45) is 8.56. The van der Waals surface area contributed by atoms with Crippen molar-refractivity contribution in [3.63, 3.8) is 0 Å². The highest BCUT2D eigenvalue weighted by Gasteiger charge is 2.23. The van der Waals surface area contributed by atoms with Crippen LogP contribution in [0, 0.1) is 5.92 Å². The zero-order valence-electron chi connectivity index (χ0n) is 11.7. The van der Waals surface area contributed by atoms with Crippen molar-refractivity contribution in [2.75, 3.05) is 7.05 Å². The van der Waals surface area contributed by atoms with Crippen molar-refractivity contribution < 1.29 is 4.42 Å². The van der Waals surface area contributed by atoms with Gasteiger partial charge >= 0.3 is 0 Å². The molecule has 0 aliphatic heterocycles. The van der Waals surface area contributed by atoms with Gasteiger partial charge in [0.25, 0.3) is 0 Å². The third-order valence-corrected chi connectivity index (χ3v) is 4.37. The lowest BCUT2D eigenvalue weighted by Crippen LogP contribution is -2.34. The molecule has 18 heavy (non-hydrogen) atoms. The lowest BCUT2D eigenvalue weighted by molar-refractivity contribution is 0.149. The van der Waals surface area contributed by atoms with Gasteiger partial charge in [-0.25, -0.2) is 0 Å². The summed E-state index contributed by atoms with van der Waals surface area (Å²) in [5.74, 6) is 2.00. The van der Waals surface area contributed by atoms with E-state index in [1.54, 1.807) is 6.26 Å². The van der Waals surface area contributed by atoms with Crippen LogP contribution in [0.25, 0.3) is 0 Å². The van der Waals surface area contributed by atoms with Gasteiger partial charge in [-0.1, -0.05) is 13.3 Å². The first-order valence-corrected chi connectivity index (χ1v) is 7.19. The normalized spacial score (nSPS) is 24.7. The molecule has 1 aliphatic rings. The average molecular weight is 250 g/mol. The number of nitrogens with zero attached hydrogens (tertiary/aromatic N) is 1. The van der Waals surface area contributed by atoms with Gasteiger partial charge in [-0.3, -0.25) is 4.90 Å². The maximum absolute atomic E-state index is 5.59. The van der Waals surface area contributed by atoms with Crippen LogP contribution < -0.4 is 5.73 Å². The summed E-state index contributed by atoms with van der Waals surface area (Å²) < 4.78 is 5.54. The molecule has 1 aromatic heterocycles. The molecule has 0 saturated heterocycles. The monoisotopic (exact) mass is 250 g/mol. The molecule has 0 spiro atoms. The molecule has 1 aliphatic carbocycles. The molecule has 0 amide bonds. The Kier molecular flexibility index (Phi) is 4.84. The third-order valence-electron chi connectivity index (χ3n) is 4.37. The molecule has 1 heterocycles. The van der Waals surface area contributed by atoms with E-state index in [0.717, 1.165) is 29.8 Å². The van der Waals surface area contributed by atoms with Crippen LogP contribution in [-0.4, -0.2) is 18.0 Å². The molecule has 0 radical (unpaired) electrons. The molecular weight excluding hydrogens is 224 g/mol. The van der Waals surface area contributed by atoms with Crippen molar-refractivity contribution in [3.05, 3.63) is 23.7 Å². The highest BCUT2D eigenvalue weighted by Crippen LogP contribution is 2.29. The largest absolute Gasteiger partial charge is 0.468 e. The summed E-state index contributed by atoms with van der Waals surface area (Å²) >= 11 is 0. The topological polar surface area (TPSA) is 42.4 Å². The highest BCUT2D eigenvalue weighted by atomic mass is 16.3. The van der Waals surface area contributed by atoms with Crippen molar-refractivity contribution in [1.82, 2.24) is 4.90 Å². The quantitative estimate of drug-likeness (QED) is 0.873. The molecule has 3 heteroatoms. The lowest BCUT2D eigenvalue weighted by Gasteiger charge is -2.34. The summed E-state index contributed by atoms with van der Waals surface area (Å²) in [6.45, 7) is 3.78. The summed E-state index contributed by atoms with van der Waals surface area (Å²) in [5.41, 5.74) is 6.68. The first-order chi connectivity index (χ1) is 8.72. The Morgan fingerprint density at radius 3 is 2.61 bits per heavy atom. The smallest absolute Gasteiger partial charge is 0.118 e. The van der Waals surface area contributed by atoms with E-state index >= 15 is 0 Å². The summed E-state index contributed by atoms with van der Waals surface area (Å²) in [7, 11) is 2.21. The van der Waals surface area contributed by atoms with E-state index in [2.05, 4.69) is 24.9 Å². The molecule has 0 aromatic carbocycles. The number of hydrogen-bond acceptors (Lipinski definition) is 3. The van der Waals surface area contributed by atoms with Crippen LogP contribution >= 0.6 is 0 Å². The zero-order chi connectivity index (χ0) is 13.0. The van der Waals surface area contributed by atoms with Gasteiger partial charge in [0.2, 0.25) is 0 Å². The maximum Gasteiger partial charge on any atom is 0.118 e. The van der Waals surface area contributed by atoms with Gasteiger partial charge in [0.1, 0.15) is 5.76 Å². The Hall–Kier alpha value is -0.800. The van der Waals surface area contributed by atoms with Gasteiger partial charge in [0.15, 0.2) is 0 Å². The number of hydrogen-bond donors (Lipinski definition) is 1. The van der Waals surface area contributed by atoms with E-state index in [-0.39, 0.29) is 0 Å². The fourth-order valence-corrected chi connectivity index (χ4v) is 2.98. The van der Waals surface area contributed by atoms with E-state index in [1.807, 2.05) is 0 Å². The molecule has 2 rings (SSSR count). The maximum atomic E-state index is 5.59. The third kappa shape index (κ3) is 3.36. The van der Waals surface area contributed by atoms with Crippen molar-refractivity contribution in [1.29, 1.82) is 0 Å². The van der Waals surface area contributed by atoms with Crippen LogP contribution in [0.3, 0.4) is 0 Å². The second-order valence-corrected chi connectivity index (χ2v) is 5.62.